The molecule has 0 aliphatic rings. The van der Waals surface area contributed by atoms with Gasteiger partial charge in [0, 0.05) is 11.5 Å². The normalized spacial score (nSPS) is 11.5. The van der Waals surface area contributed by atoms with Crippen molar-refractivity contribution in [3.63, 3.8) is 0 Å². The van der Waals surface area contributed by atoms with Gasteiger partial charge in [-0.25, -0.2) is 4.39 Å². The van der Waals surface area contributed by atoms with Crippen LogP contribution in [0.5, 0.6) is 0 Å². The summed E-state index contributed by atoms with van der Waals surface area (Å²) in [5, 5.41) is 4.72. The minimum atomic E-state index is -0.282. The molecule has 2 rings (SSSR count). The first kappa shape index (κ1) is 10.6. The van der Waals surface area contributed by atoms with Gasteiger partial charge in [0.2, 0.25) is 0 Å². The highest BCUT2D eigenvalue weighted by Crippen LogP contribution is 2.26. The zero-order valence-electron chi connectivity index (χ0n) is 8.55. The second kappa shape index (κ2) is 3.93. The topological polar surface area (TPSA) is 26.0 Å². The summed E-state index contributed by atoms with van der Waals surface area (Å²) in [5.41, 5.74) is 1.45. The largest absolute Gasteiger partial charge is 0.356 e. The van der Waals surface area contributed by atoms with Crippen molar-refractivity contribution in [2.45, 2.75) is 20.3 Å². The van der Waals surface area contributed by atoms with Gasteiger partial charge < -0.3 is 4.52 Å². The number of benzene rings is 1. The molecule has 2 aromatic rings. The summed E-state index contributed by atoms with van der Waals surface area (Å²) in [6, 6.07) is 3.08. The number of hydrogen-bond acceptors (Lipinski definition) is 2. The number of fused-ring (bicyclic) bond motifs is 1. The molecule has 0 amide bonds. The van der Waals surface area contributed by atoms with Crippen molar-refractivity contribution < 1.29 is 8.91 Å². The van der Waals surface area contributed by atoms with E-state index in [2.05, 4.69) is 34.9 Å². The Labute approximate surface area is 95.6 Å². The van der Waals surface area contributed by atoms with Crippen LogP contribution in [-0.2, 0) is 6.42 Å². The van der Waals surface area contributed by atoms with E-state index in [1.165, 1.54) is 6.07 Å². The van der Waals surface area contributed by atoms with E-state index in [1.807, 2.05) is 0 Å². The van der Waals surface area contributed by atoms with Gasteiger partial charge in [0.05, 0.1) is 10.2 Å². The first-order valence-corrected chi connectivity index (χ1v) is 5.60. The van der Waals surface area contributed by atoms with Crippen LogP contribution in [0.25, 0.3) is 11.0 Å². The first-order valence-electron chi connectivity index (χ1n) is 4.81. The Bertz CT molecular complexity index is 493. The summed E-state index contributed by atoms with van der Waals surface area (Å²) < 4.78 is 18.9. The predicted octanol–water partition coefficient (Wildman–Crippen LogP) is 3.93. The molecule has 0 unspecified atom stereocenters. The lowest BCUT2D eigenvalue weighted by atomic mass is 10.1. The van der Waals surface area contributed by atoms with E-state index < -0.39 is 0 Å². The molecule has 0 bridgehead atoms. The van der Waals surface area contributed by atoms with Gasteiger partial charge in [0.25, 0.3) is 0 Å². The molecule has 1 aromatic carbocycles. The van der Waals surface area contributed by atoms with Crippen LogP contribution in [0, 0.1) is 11.7 Å². The van der Waals surface area contributed by atoms with Crippen LogP contribution in [0.2, 0.25) is 0 Å². The Balaban J connectivity index is 2.54. The van der Waals surface area contributed by atoms with Crippen LogP contribution < -0.4 is 0 Å². The quantitative estimate of drug-likeness (QED) is 0.827. The Morgan fingerprint density at radius 2 is 2.20 bits per heavy atom. The van der Waals surface area contributed by atoms with Crippen LogP contribution in [0.1, 0.15) is 19.5 Å². The number of nitrogens with zero attached hydrogens (tertiary/aromatic N) is 1. The maximum absolute atomic E-state index is 13.3. The highest BCUT2D eigenvalue weighted by Gasteiger charge is 2.12. The molecule has 0 aliphatic carbocycles. The van der Waals surface area contributed by atoms with Crippen molar-refractivity contribution in [1.29, 1.82) is 0 Å². The fourth-order valence-electron chi connectivity index (χ4n) is 1.52. The van der Waals surface area contributed by atoms with Crippen molar-refractivity contribution >= 4 is 26.9 Å². The molecule has 0 aliphatic heterocycles. The molecule has 0 saturated carbocycles. The van der Waals surface area contributed by atoms with Crippen LogP contribution >= 0.6 is 15.9 Å². The fraction of sp³-hybridized carbons (Fsp3) is 0.364. The van der Waals surface area contributed by atoms with Gasteiger partial charge in [-0.2, -0.15) is 0 Å². The van der Waals surface area contributed by atoms with Gasteiger partial charge >= 0.3 is 0 Å². The smallest absolute Gasteiger partial charge is 0.168 e. The molecule has 1 heterocycles. The van der Waals surface area contributed by atoms with E-state index in [0.717, 1.165) is 17.5 Å². The molecule has 0 N–H and O–H groups in total. The van der Waals surface area contributed by atoms with Crippen LogP contribution in [0.15, 0.2) is 21.1 Å². The summed E-state index contributed by atoms with van der Waals surface area (Å²) in [6.07, 6.45) is 0.800. The van der Waals surface area contributed by atoms with E-state index in [1.54, 1.807) is 6.07 Å². The standard InChI is InChI=1S/C11H11BrFNO/c1-6(2)3-10-7-4-9(13)8(12)5-11(7)15-14-10/h4-6H,3H2,1-2H3. The lowest BCUT2D eigenvalue weighted by molar-refractivity contribution is 0.439. The van der Waals surface area contributed by atoms with E-state index in [9.17, 15) is 4.39 Å². The molecule has 80 valence electrons. The maximum Gasteiger partial charge on any atom is 0.168 e. The molecule has 4 heteroatoms. The number of hydrogen-bond donors (Lipinski definition) is 0. The van der Waals surface area contributed by atoms with Crippen molar-refractivity contribution in [1.82, 2.24) is 5.16 Å². The van der Waals surface area contributed by atoms with Crippen LogP contribution in [-0.4, -0.2) is 5.16 Å². The summed E-state index contributed by atoms with van der Waals surface area (Å²) in [6.45, 7) is 4.19. The molecule has 15 heavy (non-hydrogen) atoms. The van der Waals surface area contributed by atoms with Gasteiger partial charge in [-0.05, 0) is 34.3 Å². The molecule has 2 nitrogen and oxygen atoms in total. The molecule has 1 aromatic heterocycles. The maximum atomic E-state index is 13.3. The first-order chi connectivity index (χ1) is 7.08. The Morgan fingerprint density at radius 1 is 1.47 bits per heavy atom. The highest BCUT2D eigenvalue weighted by atomic mass is 79.9. The second-order valence-electron chi connectivity index (χ2n) is 3.99. The molecule has 0 saturated heterocycles. The van der Waals surface area contributed by atoms with Crippen LogP contribution in [0.3, 0.4) is 0 Å². The predicted molar refractivity (Wildman–Crippen MR) is 60.2 cm³/mol. The Hall–Kier alpha value is -0.900. The average molecular weight is 272 g/mol. The van der Waals surface area contributed by atoms with Crippen LogP contribution in [0.4, 0.5) is 4.39 Å². The van der Waals surface area contributed by atoms with Crippen molar-refractivity contribution in [3.8, 4) is 0 Å². The molecule has 0 fully saturated rings. The van der Waals surface area contributed by atoms with Gasteiger partial charge in [0.1, 0.15) is 5.82 Å². The highest BCUT2D eigenvalue weighted by molar-refractivity contribution is 9.10. The molecular formula is C11H11BrFNO. The van der Waals surface area contributed by atoms with Gasteiger partial charge in [0.15, 0.2) is 5.58 Å². The van der Waals surface area contributed by atoms with E-state index in [-0.39, 0.29) is 5.82 Å². The summed E-state index contributed by atoms with van der Waals surface area (Å²) in [4.78, 5) is 0. The van der Waals surface area contributed by atoms with Gasteiger partial charge in [-0.15, -0.1) is 0 Å². The summed E-state index contributed by atoms with van der Waals surface area (Å²) >= 11 is 3.11. The van der Waals surface area contributed by atoms with E-state index in [0.29, 0.717) is 16.0 Å². The lowest BCUT2D eigenvalue weighted by Crippen LogP contribution is -1.94. The number of halogens is 2. The second-order valence-corrected chi connectivity index (χ2v) is 4.84. The number of aromatic nitrogens is 1. The zero-order chi connectivity index (χ0) is 11.0. The summed E-state index contributed by atoms with van der Waals surface area (Å²) in [5.74, 6) is 0.195. The van der Waals surface area contributed by atoms with Gasteiger partial charge in [-0.1, -0.05) is 19.0 Å². The third kappa shape index (κ3) is 2.04. The minimum absolute atomic E-state index is 0.282. The zero-order valence-corrected chi connectivity index (χ0v) is 10.1. The Morgan fingerprint density at radius 3 is 2.87 bits per heavy atom. The molecule has 0 atom stereocenters. The SMILES string of the molecule is CC(C)Cc1noc2cc(Br)c(F)cc12. The molecular weight excluding hydrogens is 261 g/mol. The average Bonchev–Trinajstić information content (AvgIpc) is 2.49. The Kier molecular flexibility index (Phi) is 2.78. The summed E-state index contributed by atoms with van der Waals surface area (Å²) in [7, 11) is 0. The fourth-order valence-corrected chi connectivity index (χ4v) is 1.84. The lowest BCUT2D eigenvalue weighted by Gasteiger charge is -2.00. The minimum Gasteiger partial charge on any atom is -0.356 e. The monoisotopic (exact) mass is 271 g/mol. The third-order valence-electron chi connectivity index (χ3n) is 2.19. The molecule has 0 radical (unpaired) electrons. The third-order valence-corrected chi connectivity index (χ3v) is 2.80. The van der Waals surface area contributed by atoms with E-state index in [4.69, 9.17) is 4.52 Å². The van der Waals surface area contributed by atoms with Crippen molar-refractivity contribution in [2.75, 3.05) is 0 Å². The van der Waals surface area contributed by atoms with Gasteiger partial charge in [-0.3, -0.25) is 0 Å². The van der Waals surface area contributed by atoms with Crippen molar-refractivity contribution in [2.24, 2.45) is 5.92 Å². The van der Waals surface area contributed by atoms with E-state index >= 15 is 0 Å². The number of rotatable bonds is 2. The molecule has 0 spiro atoms. The van der Waals surface area contributed by atoms with Crippen molar-refractivity contribution in [3.05, 3.63) is 28.1 Å².